The first kappa shape index (κ1) is 28.2. The summed E-state index contributed by atoms with van der Waals surface area (Å²) < 4.78 is 60.2. The number of H-pyrrole nitrogens is 1. The summed E-state index contributed by atoms with van der Waals surface area (Å²) in [7, 11) is 0. The van der Waals surface area contributed by atoms with E-state index < -0.39 is 29.5 Å². The second-order valence-corrected chi connectivity index (χ2v) is 13.2. The predicted molar refractivity (Wildman–Crippen MR) is 147 cm³/mol. The summed E-state index contributed by atoms with van der Waals surface area (Å²) >= 11 is 1.75. The van der Waals surface area contributed by atoms with Crippen molar-refractivity contribution < 1.29 is 22.3 Å². The Labute approximate surface area is 235 Å². The molecule has 4 aliphatic rings. The van der Waals surface area contributed by atoms with E-state index in [4.69, 9.17) is 10.5 Å². The minimum atomic E-state index is -4.17. The van der Waals surface area contributed by atoms with E-state index in [1.54, 1.807) is 17.8 Å². The van der Waals surface area contributed by atoms with Crippen LogP contribution in [0.4, 0.5) is 17.6 Å². The van der Waals surface area contributed by atoms with Crippen LogP contribution in [0, 0.1) is 17.7 Å². The molecule has 12 heteroatoms. The smallest absolute Gasteiger partial charge is 0.393 e. The van der Waals surface area contributed by atoms with E-state index in [2.05, 4.69) is 14.9 Å². The van der Waals surface area contributed by atoms with Crippen LogP contribution in [0.3, 0.4) is 0 Å². The molecule has 2 unspecified atom stereocenters. The number of nitrogens with one attached hydrogen (secondary N) is 1. The maximum Gasteiger partial charge on any atom is 0.393 e. The molecule has 3 heterocycles. The number of aromatic nitrogens is 2. The van der Waals surface area contributed by atoms with Gasteiger partial charge in [0, 0.05) is 35.5 Å². The molecule has 2 aliphatic heterocycles. The lowest BCUT2D eigenvalue weighted by Gasteiger charge is -2.52. The van der Waals surface area contributed by atoms with Gasteiger partial charge in [0.1, 0.15) is 22.8 Å². The highest BCUT2D eigenvalue weighted by atomic mass is 32.2. The van der Waals surface area contributed by atoms with Gasteiger partial charge in [0.25, 0.3) is 5.56 Å². The van der Waals surface area contributed by atoms with Crippen molar-refractivity contribution >= 4 is 22.7 Å². The molecule has 1 aromatic heterocycles. The van der Waals surface area contributed by atoms with Crippen molar-refractivity contribution in [1.29, 1.82) is 0 Å². The second kappa shape index (κ2) is 11.4. The van der Waals surface area contributed by atoms with Crippen molar-refractivity contribution in [3.05, 3.63) is 34.1 Å². The van der Waals surface area contributed by atoms with Crippen molar-refractivity contribution in [2.75, 3.05) is 32.8 Å². The molecule has 7 nitrogen and oxygen atoms in total. The second-order valence-electron chi connectivity index (χ2n) is 11.9. The summed E-state index contributed by atoms with van der Waals surface area (Å²) in [5.74, 6) is 0.0930. The third-order valence-electron chi connectivity index (χ3n) is 9.13. The normalized spacial score (nSPS) is 27.7. The first-order valence-electron chi connectivity index (χ1n) is 14.4. The molecule has 220 valence electrons. The number of aromatic amines is 1. The number of thioether (sulfide) groups is 1. The highest BCUT2D eigenvalue weighted by Gasteiger charge is 2.56. The number of piperidine rings is 2. The number of nitrogens with zero attached hydrogens (tertiary/aromatic N) is 3. The van der Waals surface area contributed by atoms with E-state index in [0.29, 0.717) is 59.7 Å². The van der Waals surface area contributed by atoms with Gasteiger partial charge in [-0.15, -0.1) is 0 Å². The fourth-order valence-electron chi connectivity index (χ4n) is 6.58. The van der Waals surface area contributed by atoms with E-state index in [9.17, 15) is 22.4 Å². The molecule has 4 fully saturated rings. The number of hydrogen-bond donors (Lipinski definition) is 2. The summed E-state index contributed by atoms with van der Waals surface area (Å²) in [5, 5.41) is 0.378. The molecule has 2 aliphatic carbocycles. The highest BCUT2D eigenvalue weighted by molar-refractivity contribution is 7.99. The average Bonchev–Trinajstić information content (AvgIpc) is 3.74. The van der Waals surface area contributed by atoms with E-state index >= 15 is 0 Å². The Morgan fingerprint density at radius 1 is 1.05 bits per heavy atom. The summed E-state index contributed by atoms with van der Waals surface area (Å²) in [6, 6.07) is 2.35. The summed E-state index contributed by atoms with van der Waals surface area (Å²) in [6.45, 7) is 3.79. The molecule has 1 aromatic carbocycles. The predicted octanol–water partition coefficient (Wildman–Crippen LogP) is 4.29. The van der Waals surface area contributed by atoms with E-state index in [1.807, 2.05) is 4.90 Å². The van der Waals surface area contributed by atoms with Gasteiger partial charge in [0.2, 0.25) is 0 Å². The molecule has 3 atom stereocenters. The van der Waals surface area contributed by atoms with Crippen LogP contribution in [0.15, 0.2) is 16.9 Å². The number of alkyl halides is 3. The molecule has 0 bridgehead atoms. The highest BCUT2D eigenvalue weighted by Crippen LogP contribution is 2.44. The van der Waals surface area contributed by atoms with Gasteiger partial charge in [-0.3, -0.25) is 9.69 Å². The number of ether oxygens (including phenoxy) is 1. The Bertz CT molecular complexity index is 1260. The lowest BCUT2D eigenvalue weighted by atomic mass is 9.73. The first-order valence-corrected chi connectivity index (χ1v) is 15.5. The molecular weight excluding hydrogens is 546 g/mol. The molecule has 2 saturated heterocycles. The van der Waals surface area contributed by atoms with Crippen LogP contribution in [0.1, 0.15) is 50.8 Å². The molecule has 2 aromatic rings. The largest absolute Gasteiger partial charge is 0.493 e. The van der Waals surface area contributed by atoms with E-state index in [1.165, 1.54) is 6.07 Å². The van der Waals surface area contributed by atoms with Gasteiger partial charge in [-0.2, -0.15) is 24.9 Å². The Morgan fingerprint density at radius 2 is 1.75 bits per heavy atom. The SMILES string of the molecule is NC1CC(C(F)(F)F)[C@H]1N1CCC(N2CCC(SCc3nc4cc(OCC5CC5)cc(F)c4c(=O)[nH]3)CC2)CC1. The Morgan fingerprint density at radius 3 is 2.40 bits per heavy atom. The topological polar surface area (TPSA) is 87.5 Å². The van der Waals surface area contributed by atoms with Crippen LogP contribution in [0.5, 0.6) is 5.75 Å². The molecule has 3 N–H and O–H groups in total. The van der Waals surface area contributed by atoms with Gasteiger partial charge < -0.3 is 20.4 Å². The van der Waals surface area contributed by atoms with E-state index in [-0.39, 0.29) is 17.8 Å². The van der Waals surface area contributed by atoms with Crippen molar-refractivity contribution in [2.24, 2.45) is 17.6 Å². The summed E-state index contributed by atoms with van der Waals surface area (Å²) in [5.41, 5.74) is 5.82. The molecule has 0 amide bonds. The molecule has 40 heavy (non-hydrogen) atoms. The molecule has 0 radical (unpaired) electrons. The number of fused-ring (bicyclic) bond motifs is 1. The van der Waals surface area contributed by atoms with Gasteiger partial charge in [-0.1, -0.05) is 0 Å². The third-order valence-corrected chi connectivity index (χ3v) is 10.5. The van der Waals surface area contributed by atoms with Crippen LogP contribution >= 0.6 is 11.8 Å². The molecular formula is C28H37F4N5O2S. The number of hydrogen-bond acceptors (Lipinski definition) is 7. The maximum absolute atomic E-state index is 14.6. The number of benzene rings is 1. The van der Waals surface area contributed by atoms with Gasteiger partial charge in [0.05, 0.1) is 23.8 Å². The molecule has 0 spiro atoms. The minimum absolute atomic E-state index is 0.0363. The number of halogens is 4. The molecule has 6 rings (SSSR count). The average molecular weight is 584 g/mol. The lowest BCUT2D eigenvalue weighted by molar-refractivity contribution is -0.222. The summed E-state index contributed by atoms with van der Waals surface area (Å²) in [6.07, 6.45) is 1.88. The lowest BCUT2D eigenvalue weighted by Crippen LogP contribution is -2.66. The standard InChI is InChI=1S/C28H37F4N5O2S/c29-21-11-18(39-14-16-1-2-16)12-23-25(21)27(38)35-24(34-23)15-40-19-5-9-36(10-6-19)17-3-7-37(8-4-17)26-20(13-22(26)33)28(30,31)32/h11-12,16-17,19-20,22,26H,1-10,13-15,33H2,(H,34,35,38)/t20?,22?,26-/m1/s1. The van der Waals surface area contributed by atoms with Gasteiger partial charge in [0.15, 0.2) is 0 Å². The number of likely N-dealkylation sites (tertiary alicyclic amines) is 2. The van der Waals surface area contributed by atoms with Gasteiger partial charge in [-0.25, -0.2) is 9.37 Å². The van der Waals surface area contributed by atoms with Crippen LogP contribution in [0.25, 0.3) is 10.9 Å². The van der Waals surface area contributed by atoms with Crippen molar-refractivity contribution in [1.82, 2.24) is 19.8 Å². The monoisotopic (exact) mass is 583 g/mol. The van der Waals surface area contributed by atoms with Crippen molar-refractivity contribution in [2.45, 2.75) is 80.3 Å². The molecule has 2 saturated carbocycles. The zero-order valence-electron chi connectivity index (χ0n) is 22.5. The fourth-order valence-corrected chi connectivity index (χ4v) is 7.65. The maximum atomic E-state index is 14.6. The van der Waals surface area contributed by atoms with Crippen LogP contribution < -0.4 is 16.0 Å². The minimum Gasteiger partial charge on any atom is -0.493 e. The Balaban J connectivity index is 0.983. The van der Waals surface area contributed by atoms with Gasteiger partial charge in [-0.05, 0) is 77.0 Å². The summed E-state index contributed by atoms with van der Waals surface area (Å²) in [4.78, 5) is 24.3. The first-order chi connectivity index (χ1) is 19.2. The van der Waals surface area contributed by atoms with Crippen LogP contribution in [-0.2, 0) is 5.75 Å². The van der Waals surface area contributed by atoms with Crippen LogP contribution in [0.2, 0.25) is 0 Å². The Kier molecular flexibility index (Phi) is 8.06. The van der Waals surface area contributed by atoms with E-state index in [0.717, 1.165) is 51.6 Å². The number of nitrogens with two attached hydrogens (primary N) is 1. The zero-order chi connectivity index (χ0) is 28.0. The zero-order valence-corrected chi connectivity index (χ0v) is 23.3. The fraction of sp³-hybridized carbons (Fsp3) is 0.714. The Hall–Kier alpha value is -1.89. The third kappa shape index (κ3) is 6.15. The van der Waals surface area contributed by atoms with Gasteiger partial charge >= 0.3 is 6.18 Å². The quantitative estimate of drug-likeness (QED) is 0.449. The van der Waals surface area contributed by atoms with Crippen molar-refractivity contribution in [3.8, 4) is 5.75 Å². The number of rotatable bonds is 8. The van der Waals surface area contributed by atoms with Crippen LogP contribution in [-0.4, -0.2) is 82.1 Å². The van der Waals surface area contributed by atoms with Crippen molar-refractivity contribution in [3.63, 3.8) is 0 Å².